The van der Waals surface area contributed by atoms with Crippen molar-refractivity contribution >= 4 is 75.4 Å². The van der Waals surface area contributed by atoms with E-state index >= 15 is 0 Å². The smallest absolute Gasteiger partial charge is 0.0622 e. The zero-order valence-electron chi connectivity index (χ0n) is 40.5. The average molecular weight is 693 g/mol. The van der Waals surface area contributed by atoms with Crippen LogP contribution in [0.2, 0.25) is 0 Å². The summed E-state index contributed by atoms with van der Waals surface area (Å²) < 4.78 is 109. The van der Waals surface area contributed by atoms with Crippen molar-refractivity contribution in [3.8, 4) is 44.5 Å². The summed E-state index contributed by atoms with van der Waals surface area (Å²) in [6.45, 7) is 0. The fraction of sp³-hybridized carbons (Fsp3) is 0. The Morgan fingerprint density at radius 1 is 0.296 bits per heavy atom. The molecule has 248 valence electrons. The van der Waals surface area contributed by atoms with Gasteiger partial charge in [0.1, 0.15) is 0 Å². The average Bonchev–Trinajstić information content (AvgIpc) is 3.33. The number of rotatable bonds is 4. The normalized spacial score (nSPS) is 15.2. The Kier molecular flexibility index (Phi) is 4.22. The molecule has 0 aliphatic rings. The van der Waals surface area contributed by atoms with Crippen molar-refractivity contribution in [3.05, 3.63) is 194 Å². The van der Waals surface area contributed by atoms with E-state index in [-0.39, 0.29) is 33.0 Å². The fourth-order valence-corrected chi connectivity index (χ4v) is 8.72. The zero-order chi connectivity index (χ0) is 45.8. The highest BCUT2D eigenvalue weighted by atomic mass is 14.2. The molecule has 0 nitrogen and oxygen atoms in total. The van der Waals surface area contributed by atoms with E-state index in [0.29, 0.717) is 16.7 Å². The Morgan fingerprint density at radius 2 is 0.796 bits per heavy atom. The zero-order valence-corrected chi connectivity index (χ0v) is 28.5. The van der Waals surface area contributed by atoms with Crippen LogP contribution in [0, 0.1) is 0 Å². The van der Waals surface area contributed by atoms with Crippen molar-refractivity contribution in [1.29, 1.82) is 0 Å². The molecule has 0 heterocycles. The largest absolute Gasteiger partial charge is 0.0636 e. The molecule has 0 atom stereocenters. The highest BCUT2D eigenvalue weighted by Gasteiger charge is 2.22. The standard InChI is InChI=1S/C54H32/c1-2-9-34(10-3-1)48-31-43(44-26-22-39-19-17-35-12-6-14-37-24-28-46(44)53(39)50(35)37)32-49(52(48)42-21-16-33-8-4-5-11-41(33)30-42)45-27-23-40-20-18-36-13-7-15-38-25-29-47(45)54(40)51(36)38/h1-32H/i1D,2D,3D,4D,5D,8D,9D,10D,11D,16D,21D,30D. The topological polar surface area (TPSA) is 0 Å². The van der Waals surface area contributed by atoms with Gasteiger partial charge in [-0.3, -0.25) is 0 Å². The van der Waals surface area contributed by atoms with Crippen LogP contribution in [0.25, 0.3) is 120 Å². The van der Waals surface area contributed by atoms with Crippen LogP contribution >= 0.6 is 0 Å². The van der Waals surface area contributed by atoms with Crippen molar-refractivity contribution in [1.82, 2.24) is 0 Å². The second-order valence-corrected chi connectivity index (χ2v) is 13.9. The van der Waals surface area contributed by atoms with Gasteiger partial charge < -0.3 is 0 Å². The van der Waals surface area contributed by atoms with Gasteiger partial charge in [0, 0.05) is 0 Å². The first kappa shape index (κ1) is 20.3. The SMILES string of the molecule is [2H]c1c([2H])c([2H])c(-c2cc(-c3ccc4ccc5cccc6ccc3c4c56)cc(-c3ccc4ccc5cccc6ccc3c4c56)c2-c2c([2H])c([2H])c3c([2H])c([2H])c([2H])c([2H])c3c2[2H])c([2H])c1[2H]. The van der Waals surface area contributed by atoms with E-state index in [4.69, 9.17) is 9.60 Å². The molecular formula is C54H32. The van der Waals surface area contributed by atoms with Gasteiger partial charge in [-0.2, -0.15) is 0 Å². The van der Waals surface area contributed by atoms with Gasteiger partial charge in [0.05, 0.1) is 16.4 Å². The molecule has 54 heavy (non-hydrogen) atoms. The van der Waals surface area contributed by atoms with E-state index < -0.39 is 72.5 Å². The van der Waals surface area contributed by atoms with Crippen molar-refractivity contribution in [3.63, 3.8) is 0 Å². The lowest BCUT2D eigenvalue weighted by Crippen LogP contribution is -1.95. The molecule has 0 amide bonds. The molecule has 0 bridgehead atoms. The van der Waals surface area contributed by atoms with E-state index in [2.05, 4.69) is 60.7 Å². The third-order valence-corrected chi connectivity index (χ3v) is 11.1. The lowest BCUT2D eigenvalue weighted by Gasteiger charge is -2.22. The van der Waals surface area contributed by atoms with Crippen LogP contribution in [0.3, 0.4) is 0 Å². The molecule has 0 saturated heterocycles. The first-order valence-corrected chi connectivity index (χ1v) is 17.9. The summed E-state index contributed by atoms with van der Waals surface area (Å²) in [6.07, 6.45) is 0. The summed E-state index contributed by atoms with van der Waals surface area (Å²) >= 11 is 0. The van der Waals surface area contributed by atoms with Crippen LogP contribution in [-0.2, 0) is 0 Å². The van der Waals surface area contributed by atoms with Gasteiger partial charge in [-0.15, -0.1) is 0 Å². The Labute approximate surface area is 329 Å². The molecule has 0 N–H and O–H groups in total. The second-order valence-electron chi connectivity index (χ2n) is 13.9. The van der Waals surface area contributed by atoms with E-state index in [9.17, 15) is 6.85 Å². The molecule has 0 radical (unpaired) electrons. The number of hydrogen-bond donors (Lipinski definition) is 0. The third kappa shape index (κ3) is 4.26. The van der Waals surface area contributed by atoms with Gasteiger partial charge in [0.15, 0.2) is 0 Å². The van der Waals surface area contributed by atoms with Crippen LogP contribution in [-0.4, -0.2) is 0 Å². The van der Waals surface area contributed by atoms with E-state index in [1.165, 1.54) is 0 Å². The molecule has 0 saturated carbocycles. The Bertz CT molecular complexity index is 4080. The highest BCUT2D eigenvalue weighted by molar-refractivity contribution is 6.27. The van der Waals surface area contributed by atoms with Crippen LogP contribution in [0.5, 0.6) is 0 Å². The summed E-state index contributed by atoms with van der Waals surface area (Å²) in [5.41, 5.74) is 2.32. The number of benzene rings is 12. The van der Waals surface area contributed by atoms with Crippen LogP contribution < -0.4 is 0 Å². The third-order valence-electron chi connectivity index (χ3n) is 11.1. The summed E-state index contributed by atoms with van der Waals surface area (Å²) in [5, 5.41) is 11.5. The monoisotopic (exact) mass is 692 g/mol. The molecule has 0 spiro atoms. The van der Waals surface area contributed by atoms with Crippen LogP contribution in [0.15, 0.2) is 194 Å². The van der Waals surface area contributed by atoms with E-state index in [0.717, 1.165) is 70.2 Å². The van der Waals surface area contributed by atoms with Crippen LogP contribution in [0.4, 0.5) is 0 Å². The molecule has 0 aliphatic carbocycles. The van der Waals surface area contributed by atoms with Gasteiger partial charge in [-0.25, -0.2) is 0 Å². The molecule has 12 aromatic carbocycles. The maximum atomic E-state index is 9.89. The number of fused-ring (bicyclic) bond motifs is 1. The maximum Gasteiger partial charge on any atom is 0.0636 e. The molecule has 12 rings (SSSR count). The lowest BCUT2D eigenvalue weighted by molar-refractivity contribution is 1.57. The van der Waals surface area contributed by atoms with Crippen molar-refractivity contribution < 1.29 is 16.4 Å². The summed E-state index contributed by atoms with van der Waals surface area (Å²) in [7, 11) is 0. The molecule has 12 aromatic rings. The lowest BCUT2D eigenvalue weighted by atomic mass is 9.81. The Morgan fingerprint density at radius 3 is 1.44 bits per heavy atom. The van der Waals surface area contributed by atoms with Crippen molar-refractivity contribution in [2.45, 2.75) is 0 Å². The fourth-order valence-electron chi connectivity index (χ4n) is 8.72. The minimum absolute atomic E-state index is 0.0949. The van der Waals surface area contributed by atoms with Crippen LogP contribution in [0.1, 0.15) is 16.4 Å². The summed E-state index contributed by atoms with van der Waals surface area (Å²) in [5.74, 6) is 0. The summed E-state index contributed by atoms with van der Waals surface area (Å²) in [6, 6.07) is 33.9. The summed E-state index contributed by atoms with van der Waals surface area (Å²) in [4.78, 5) is 0. The molecule has 0 aliphatic heterocycles. The predicted octanol–water partition coefficient (Wildman–Crippen LogP) is 15.3. The van der Waals surface area contributed by atoms with Crippen molar-refractivity contribution in [2.24, 2.45) is 0 Å². The second kappa shape index (κ2) is 11.2. The molecule has 0 aromatic heterocycles. The molecule has 0 heteroatoms. The van der Waals surface area contributed by atoms with Gasteiger partial charge in [-0.05, 0) is 138 Å². The van der Waals surface area contributed by atoms with Gasteiger partial charge in [0.2, 0.25) is 0 Å². The minimum atomic E-state index is -0.605. The minimum Gasteiger partial charge on any atom is -0.0622 e. The maximum absolute atomic E-state index is 9.89. The Hall–Kier alpha value is -7.02. The molecular weight excluding hydrogens is 649 g/mol. The Balaban J connectivity index is 1.33. The molecule has 0 fully saturated rings. The predicted molar refractivity (Wildman–Crippen MR) is 233 cm³/mol. The van der Waals surface area contributed by atoms with Gasteiger partial charge in [0.25, 0.3) is 0 Å². The van der Waals surface area contributed by atoms with E-state index in [1.807, 2.05) is 54.6 Å². The van der Waals surface area contributed by atoms with Gasteiger partial charge >= 0.3 is 0 Å². The first-order chi connectivity index (χ1) is 31.8. The van der Waals surface area contributed by atoms with Crippen molar-refractivity contribution in [2.75, 3.05) is 0 Å². The first-order valence-electron chi connectivity index (χ1n) is 23.9. The van der Waals surface area contributed by atoms with E-state index in [1.54, 1.807) is 6.07 Å². The molecule has 0 unspecified atom stereocenters. The quantitative estimate of drug-likeness (QED) is 0.161. The number of hydrogen-bond acceptors (Lipinski definition) is 0. The van der Waals surface area contributed by atoms with Gasteiger partial charge in [-0.1, -0.05) is 176 Å². The highest BCUT2D eigenvalue weighted by Crippen LogP contribution is 2.49.